The van der Waals surface area contributed by atoms with Gasteiger partial charge < -0.3 is 25.6 Å². The summed E-state index contributed by atoms with van der Waals surface area (Å²) in [5.74, 6) is -0.849. The van der Waals surface area contributed by atoms with Crippen molar-refractivity contribution < 1.29 is 19.7 Å². The number of aromatic hydroxyl groups is 2. The van der Waals surface area contributed by atoms with Crippen molar-refractivity contribution in [2.45, 2.75) is 33.1 Å². The molecule has 0 aromatic heterocycles. The molecule has 1 aromatic rings. The van der Waals surface area contributed by atoms with E-state index in [0.29, 0.717) is 37.4 Å². The highest BCUT2D eigenvalue weighted by Crippen LogP contribution is 2.38. The number of amides is 1. The Kier molecular flexibility index (Phi) is 5.72. The predicted octanol–water partition coefficient (Wildman–Crippen LogP) is 2.37. The molecule has 0 bridgehead atoms. The molecule has 1 amide bonds. The van der Waals surface area contributed by atoms with Crippen LogP contribution in [0.5, 0.6) is 11.5 Å². The van der Waals surface area contributed by atoms with E-state index < -0.39 is 0 Å². The molecule has 1 atom stereocenters. The number of phenolic OH excluding ortho intramolecular Hbond substituents is 2. The Balaban J connectivity index is 2.39. The van der Waals surface area contributed by atoms with Crippen LogP contribution in [0.1, 0.15) is 38.7 Å². The van der Waals surface area contributed by atoms with Crippen LogP contribution < -0.4 is 5.73 Å². The monoisotopic (exact) mass is 334 g/mol. The number of nitrogens with two attached hydrogens (primary N) is 1. The summed E-state index contributed by atoms with van der Waals surface area (Å²) in [6.45, 7) is 8.13. The van der Waals surface area contributed by atoms with Gasteiger partial charge in [0.05, 0.1) is 18.9 Å². The Labute approximate surface area is 142 Å². The van der Waals surface area contributed by atoms with Gasteiger partial charge >= 0.3 is 0 Å². The van der Waals surface area contributed by atoms with E-state index in [9.17, 15) is 15.0 Å². The first-order valence-electron chi connectivity index (χ1n) is 8.24. The molecule has 0 aliphatic carbocycles. The molecule has 1 heterocycles. The molecule has 0 radical (unpaired) electrons. The molecule has 1 unspecified atom stereocenters. The second-order valence-electron chi connectivity index (χ2n) is 6.15. The molecular weight excluding hydrogens is 308 g/mol. The van der Waals surface area contributed by atoms with Crippen molar-refractivity contribution in [3.63, 3.8) is 0 Å². The van der Waals surface area contributed by atoms with Crippen molar-refractivity contribution in [2.75, 3.05) is 32.0 Å². The fourth-order valence-electron chi connectivity index (χ4n) is 2.94. The lowest BCUT2D eigenvalue weighted by Crippen LogP contribution is -2.42. The minimum absolute atomic E-state index is 0.00344. The summed E-state index contributed by atoms with van der Waals surface area (Å²) in [6, 6.07) is 3.07. The third-order valence-electron chi connectivity index (χ3n) is 4.59. The van der Waals surface area contributed by atoms with E-state index in [0.717, 1.165) is 12.0 Å². The molecule has 1 saturated heterocycles. The second-order valence-corrected chi connectivity index (χ2v) is 6.15. The number of phenols is 2. The van der Waals surface area contributed by atoms with Gasteiger partial charge in [-0.2, -0.15) is 0 Å². The van der Waals surface area contributed by atoms with E-state index in [1.165, 1.54) is 6.07 Å². The summed E-state index contributed by atoms with van der Waals surface area (Å²) in [5, 5.41) is 19.5. The Hall–Kier alpha value is -2.21. The molecule has 24 heavy (non-hydrogen) atoms. The number of hydrogen-bond donors (Lipinski definition) is 3. The maximum Gasteiger partial charge on any atom is 0.250 e. The summed E-state index contributed by atoms with van der Waals surface area (Å²) in [4.78, 5) is 14.8. The van der Waals surface area contributed by atoms with Crippen LogP contribution in [0.2, 0.25) is 0 Å². The van der Waals surface area contributed by atoms with Gasteiger partial charge in [-0.1, -0.05) is 19.4 Å². The number of morpholine rings is 1. The van der Waals surface area contributed by atoms with Crippen LogP contribution in [0, 0.1) is 0 Å². The number of hydrogen-bond acceptors (Lipinski definition) is 5. The first kappa shape index (κ1) is 18.1. The average Bonchev–Trinajstić information content (AvgIpc) is 2.59. The molecule has 1 aliphatic rings. The fraction of sp³-hybridized carbons (Fsp3) is 0.500. The van der Waals surface area contributed by atoms with Gasteiger partial charge in [-0.15, -0.1) is 0 Å². The summed E-state index contributed by atoms with van der Waals surface area (Å²) in [5.41, 5.74) is 8.27. The molecule has 1 aromatic carbocycles. The number of nitrogen functional groups attached to an aromatic ring is 1. The highest BCUT2D eigenvalue weighted by atomic mass is 16.5. The number of carbonyl (C=O) groups excluding carboxylic acids is 1. The van der Waals surface area contributed by atoms with Crippen LogP contribution in [0.15, 0.2) is 23.3 Å². The molecule has 2 rings (SSSR count). The van der Waals surface area contributed by atoms with E-state index in [1.54, 1.807) is 11.0 Å². The summed E-state index contributed by atoms with van der Waals surface area (Å²) < 4.78 is 5.32. The molecule has 132 valence electrons. The zero-order chi connectivity index (χ0) is 17.9. The van der Waals surface area contributed by atoms with Crippen molar-refractivity contribution >= 4 is 11.6 Å². The Morgan fingerprint density at radius 2 is 1.96 bits per heavy atom. The van der Waals surface area contributed by atoms with Gasteiger partial charge in [0.2, 0.25) is 5.91 Å². The highest BCUT2D eigenvalue weighted by molar-refractivity contribution is 5.96. The summed E-state index contributed by atoms with van der Waals surface area (Å²) in [6.07, 6.45) is 0.759. The summed E-state index contributed by atoms with van der Waals surface area (Å²) >= 11 is 0. The van der Waals surface area contributed by atoms with Crippen molar-refractivity contribution in [3.05, 3.63) is 28.8 Å². The number of allylic oxidation sites excluding steroid dienone is 1. The van der Waals surface area contributed by atoms with Crippen LogP contribution in [-0.4, -0.2) is 47.3 Å². The Morgan fingerprint density at radius 1 is 1.33 bits per heavy atom. The number of anilines is 1. The lowest BCUT2D eigenvalue weighted by atomic mass is 9.87. The van der Waals surface area contributed by atoms with Crippen molar-refractivity contribution in [3.8, 4) is 11.5 Å². The minimum Gasteiger partial charge on any atom is -0.504 e. The molecule has 6 nitrogen and oxygen atoms in total. The van der Waals surface area contributed by atoms with Gasteiger partial charge in [-0.25, -0.2) is 0 Å². The van der Waals surface area contributed by atoms with Crippen LogP contribution in [0.25, 0.3) is 0 Å². The molecule has 0 saturated carbocycles. The van der Waals surface area contributed by atoms with Crippen LogP contribution >= 0.6 is 0 Å². The maximum absolute atomic E-state index is 13.0. The molecule has 1 aliphatic heterocycles. The van der Waals surface area contributed by atoms with E-state index in [1.807, 2.05) is 20.8 Å². The number of ether oxygens (including phenoxy) is 1. The molecule has 1 fully saturated rings. The minimum atomic E-state index is -0.330. The number of rotatable bonds is 4. The van der Waals surface area contributed by atoms with E-state index in [4.69, 9.17) is 10.5 Å². The van der Waals surface area contributed by atoms with Gasteiger partial charge in [0, 0.05) is 24.6 Å². The standard InChI is InChI=1S/C18H26N2O4/c1-4-11(2)16(18(23)20-5-7-24-8-6-20)12(3)13-9-14(19)17(22)15(21)10-13/h9-10,12,21-22H,4-8,19H2,1-3H3/b16-11-. The van der Waals surface area contributed by atoms with Gasteiger partial charge in [0.15, 0.2) is 11.5 Å². The normalized spacial score (nSPS) is 17.4. The van der Waals surface area contributed by atoms with Crippen molar-refractivity contribution in [2.24, 2.45) is 0 Å². The van der Waals surface area contributed by atoms with Gasteiger partial charge in [-0.05, 0) is 31.0 Å². The third-order valence-corrected chi connectivity index (χ3v) is 4.59. The molecule has 6 heteroatoms. The third kappa shape index (κ3) is 3.64. The van der Waals surface area contributed by atoms with Gasteiger partial charge in [0.25, 0.3) is 0 Å². The average molecular weight is 334 g/mol. The number of benzene rings is 1. The van der Waals surface area contributed by atoms with Crippen LogP contribution in [0.4, 0.5) is 5.69 Å². The zero-order valence-corrected chi connectivity index (χ0v) is 14.5. The largest absolute Gasteiger partial charge is 0.504 e. The van der Waals surface area contributed by atoms with E-state index in [-0.39, 0.29) is 29.0 Å². The first-order chi connectivity index (χ1) is 11.4. The predicted molar refractivity (Wildman–Crippen MR) is 93.0 cm³/mol. The number of carbonyl (C=O) groups is 1. The van der Waals surface area contributed by atoms with E-state index in [2.05, 4.69) is 0 Å². The van der Waals surface area contributed by atoms with Crippen molar-refractivity contribution in [1.82, 2.24) is 4.90 Å². The SMILES string of the molecule is CC/C(C)=C(\C(=O)N1CCOCC1)C(C)c1cc(N)c(O)c(O)c1. The Bertz CT molecular complexity index is 625. The topological polar surface area (TPSA) is 96.0 Å². The maximum atomic E-state index is 13.0. The second kappa shape index (κ2) is 7.57. The lowest BCUT2D eigenvalue weighted by Gasteiger charge is -2.30. The van der Waals surface area contributed by atoms with Crippen LogP contribution in [0.3, 0.4) is 0 Å². The summed E-state index contributed by atoms with van der Waals surface area (Å²) in [7, 11) is 0. The zero-order valence-electron chi connectivity index (χ0n) is 14.5. The quantitative estimate of drug-likeness (QED) is 0.446. The molecule has 4 N–H and O–H groups in total. The fourth-order valence-corrected chi connectivity index (χ4v) is 2.94. The van der Waals surface area contributed by atoms with Gasteiger partial charge in [0.1, 0.15) is 0 Å². The highest BCUT2D eigenvalue weighted by Gasteiger charge is 2.27. The smallest absolute Gasteiger partial charge is 0.250 e. The van der Waals surface area contributed by atoms with Gasteiger partial charge in [-0.3, -0.25) is 4.79 Å². The lowest BCUT2D eigenvalue weighted by molar-refractivity contribution is -0.131. The van der Waals surface area contributed by atoms with Crippen molar-refractivity contribution in [1.29, 1.82) is 0 Å². The number of nitrogens with zero attached hydrogens (tertiary/aromatic N) is 1. The van der Waals surface area contributed by atoms with E-state index >= 15 is 0 Å². The molecular formula is C18H26N2O4. The Morgan fingerprint density at radius 3 is 2.50 bits per heavy atom. The molecule has 0 spiro atoms. The van der Waals surface area contributed by atoms with Crippen LogP contribution in [-0.2, 0) is 9.53 Å². The first-order valence-corrected chi connectivity index (χ1v) is 8.24.